The van der Waals surface area contributed by atoms with Gasteiger partial charge in [-0.25, -0.2) is 0 Å². The van der Waals surface area contributed by atoms with Crippen molar-refractivity contribution < 1.29 is 26.3 Å². The summed E-state index contributed by atoms with van der Waals surface area (Å²) in [7, 11) is 0. The van der Waals surface area contributed by atoms with Crippen molar-refractivity contribution in [3.63, 3.8) is 0 Å². The fraction of sp³-hybridized carbons (Fsp3) is 1.00. The van der Waals surface area contributed by atoms with Crippen molar-refractivity contribution in [2.75, 3.05) is 0 Å². The van der Waals surface area contributed by atoms with Crippen LogP contribution in [0.3, 0.4) is 0 Å². The van der Waals surface area contributed by atoms with Crippen molar-refractivity contribution in [3.05, 3.63) is 0 Å². The van der Waals surface area contributed by atoms with Gasteiger partial charge in [0.15, 0.2) is 0 Å². The molecule has 0 aliphatic heterocycles. The monoisotopic (exact) mass is 268 g/mol. The van der Waals surface area contributed by atoms with Gasteiger partial charge < -0.3 is 0 Å². The van der Waals surface area contributed by atoms with Gasteiger partial charge in [-0.2, -0.15) is 0 Å². The summed E-state index contributed by atoms with van der Waals surface area (Å²) in [4.78, 5) is 0. The minimum absolute atomic E-state index is 3.83. The molecule has 9 heavy (non-hydrogen) atoms. The van der Waals surface area contributed by atoms with Crippen LogP contribution in [-0.2, 0) is 0 Å². The van der Waals surface area contributed by atoms with E-state index in [0.717, 1.165) is 0 Å². The summed E-state index contributed by atoms with van der Waals surface area (Å²) in [6.45, 7) is 0. The maximum absolute atomic E-state index is 10.9. The van der Waals surface area contributed by atoms with Crippen LogP contribution >= 0.6 is 0 Å². The molecule has 0 aromatic rings. The molecule has 1 radical (unpaired) electrons. The Bertz CT molecular complexity index is 76.2. The van der Waals surface area contributed by atoms with E-state index in [-0.39, 0.29) is 0 Å². The molecule has 0 heterocycles. The Kier molecular flexibility index (Phi) is 2.65. The molecule has 7 heteroatoms. The van der Waals surface area contributed by atoms with Crippen molar-refractivity contribution in [1.82, 2.24) is 0 Å². The fourth-order valence-electron chi connectivity index (χ4n) is 0.131. The second-order valence-electron chi connectivity index (χ2n) is 0.994. The van der Waals surface area contributed by atoms with Crippen LogP contribution < -0.4 is 0 Å². The van der Waals surface area contributed by atoms with E-state index in [1.807, 2.05) is 0 Å². The number of hydrogen-bond acceptors (Lipinski definition) is 0. The Morgan fingerprint density at radius 2 is 0.889 bits per heavy atom. The van der Waals surface area contributed by atoms with Crippen LogP contribution in [0.25, 0.3) is 0 Å². The molecule has 0 nitrogen and oxygen atoms in total. The molecule has 0 unspecified atom stereocenters. The van der Waals surface area contributed by atoms with Crippen LogP contribution in [0.2, 0.25) is 0 Å². The minimum atomic E-state index is -5.01. The Morgan fingerprint density at radius 3 is 0.889 bits per heavy atom. The van der Waals surface area contributed by atoms with Gasteiger partial charge >= 0.3 is 55.7 Å². The Hall–Kier alpha value is 0.370. The van der Waals surface area contributed by atoms with E-state index in [1.165, 1.54) is 0 Å². The summed E-state index contributed by atoms with van der Waals surface area (Å²) in [6, 6.07) is 0. The van der Waals surface area contributed by atoms with Gasteiger partial charge in [-0.05, 0) is 0 Å². The van der Waals surface area contributed by atoms with Gasteiger partial charge in [0.2, 0.25) is 0 Å². The number of alkyl halides is 6. The van der Waals surface area contributed by atoms with Crippen LogP contribution in [0.15, 0.2) is 0 Å². The van der Waals surface area contributed by atoms with Gasteiger partial charge in [-0.1, -0.05) is 0 Å². The molecular weight excluding hydrogens is 266 g/mol. The van der Waals surface area contributed by atoms with Crippen molar-refractivity contribution in [2.24, 2.45) is 0 Å². The third-order valence-corrected chi connectivity index (χ3v) is 1.55. The van der Waals surface area contributed by atoms with E-state index in [9.17, 15) is 26.3 Å². The number of halogens is 6. The van der Waals surface area contributed by atoms with Gasteiger partial charge in [0, 0.05) is 0 Å². The first-order chi connectivity index (χ1) is 3.71. The van der Waals surface area contributed by atoms with Gasteiger partial charge in [0.25, 0.3) is 0 Å². The molecule has 0 bridgehead atoms. The maximum atomic E-state index is 10.9. The average molecular weight is 266 g/mol. The first kappa shape index (κ1) is 9.37. The van der Waals surface area contributed by atoms with Crippen molar-refractivity contribution in [1.29, 1.82) is 0 Å². The Labute approximate surface area is 56.3 Å². The molecule has 0 spiro atoms. The van der Waals surface area contributed by atoms with Crippen LogP contribution in [-0.4, -0.2) is 29.4 Å². The summed E-state index contributed by atoms with van der Waals surface area (Å²) in [5.74, 6) is 0. The fourth-order valence-corrected chi connectivity index (χ4v) is 0.880. The Balaban J connectivity index is 3.75. The van der Waals surface area contributed by atoms with E-state index in [0.29, 0.717) is 0 Å². The third kappa shape index (κ3) is 8.37. The van der Waals surface area contributed by atoms with Crippen LogP contribution in [0.1, 0.15) is 0 Å². The standard InChI is InChI=1S/C2F6Te/c3-1(4,5)9-2(6,7)8/q+1. The second-order valence-corrected chi connectivity index (χ2v) is 4.22. The van der Waals surface area contributed by atoms with Gasteiger partial charge in [-0.15, -0.1) is 0 Å². The molecule has 0 amide bonds. The molecule has 0 atom stereocenters. The summed E-state index contributed by atoms with van der Waals surface area (Å²) in [5, 5.41) is 0. The zero-order valence-electron chi connectivity index (χ0n) is 3.68. The van der Waals surface area contributed by atoms with Crippen LogP contribution in [0, 0.1) is 0 Å². The molecule has 0 saturated carbocycles. The summed E-state index contributed by atoms with van der Waals surface area (Å²) in [5.41, 5.74) is 0. The zero-order valence-corrected chi connectivity index (χ0v) is 6.01. The predicted molar refractivity (Wildman–Crippen MR) is 17.9 cm³/mol. The average Bonchev–Trinajstić information content (AvgIpc) is 1.14. The van der Waals surface area contributed by atoms with Crippen molar-refractivity contribution in [2.45, 2.75) is 8.45 Å². The van der Waals surface area contributed by atoms with E-state index in [4.69, 9.17) is 0 Å². The van der Waals surface area contributed by atoms with Crippen molar-refractivity contribution >= 4 is 20.9 Å². The normalized spacial score (nSPS) is 14.0. The third-order valence-electron chi connectivity index (χ3n) is 0.231. The SMILES string of the molecule is FC(F)(F)[Te+]C(F)(F)F. The molecule has 0 aliphatic rings. The second kappa shape index (κ2) is 2.54. The van der Waals surface area contributed by atoms with Gasteiger partial charge in [0.05, 0.1) is 0 Å². The quantitative estimate of drug-likeness (QED) is 0.462. The van der Waals surface area contributed by atoms with E-state index >= 15 is 0 Å². The topological polar surface area (TPSA) is 0 Å². The van der Waals surface area contributed by atoms with E-state index in [2.05, 4.69) is 0 Å². The van der Waals surface area contributed by atoms with Crippen LogP contribution in [0.5, 0.6) is 0 Å². The Morgan fingerprint density at radius 1 is 0.667 bits per heavy atom. The molecular formula is C2F6Te+. The predicted octanol–water partition coefficient (Wildman–Crippen LogP) is 1.73. The van der Waals surface area contributed by atoms with E-state index < -0.39 is 29.4 Å². The molecule has 55 valence electrons. The summed E-state index contributed by atoms with van der Waals surface area (Å²) in [6.07, 6.45) is 0. The molecule has 0 aliphatic carbocycles. The molecule has 0 aromatic carbocycles. The van der Waals surface area contributed by atoms with Gasteiger partial charge in [0.1, 0.15) is 0 Å². The van der Waals surface area contributed by atoms with E-state index in [1.54, 1.807) is 0 Å². The first-order valence-electron chi connectivity index (χ1n) is 1.54. The van der Waals surface area contributed by atoms with Crippen molar-refractivity contribution in [3.8, 4) is 0 Å². The molecule has 0 fully saturated rings. The van der Waals surface area contributed by atoms with Gasteiger partial charge in [-0.3, -0.25) is 0 Å². The zero-order chi connectivity index (χ0) is 7.71. The van der Waals surface area contributed by atoms with Crippen LogP contribution in [0.4, 0.5) is 26.3 Å². The number of rotatable bonds is 0. The molecule has 0 N–H and O–H groups in total. The summed E-state index contributed by atoms with van der Waals surface area (Å²) >= 11 is -3.83. The first-order valence-corrected chi connectivity index (χ1v) is 3.87. The summed E-state index contributed by atoms with van der Waals surface area (Å²) < 4.78 is 55.3. The number of hydrogen-bond donors (Lipinski definition) is 0. The molecule has 0 rings (SSSR count). The molecule has 0 saturated heterocycles. The molecule has 0 aromatic heterocycles.